The number of hydrogen-bond donors (Lipinski definition) is 2. The molecule has 4 nitrogen and oxygen atoms in total. The molecule has 2 heterocycles. The van der Waals surface area contributed by atoms with E-state index < -0.39 is 6.10 Å². The number of fused-ring (bicyclic) bond motifs is 1. The van der Waals surface area contributed by atoms with E-state index in [0.29, 0.717) is 0 Å². The minimum absolute atomic E-state index is 0.0698. The van der Waals surface area contributed by atoms with Crippen LogP contribution in [0.25, 0.3) is 11.1 Å². The standard InChI is InChI=1S/C19H26N2O2/c1-9-8-14(16-12(4)21-23-13(16)5)10(2)15-11(3)18(22)19(6,7)20-17(9)15/h8,11,18,20,22H,1-7H3. The molecule has 1 aromatic carbocycles. The van der Waals surface area contributed by atoms with Crippen molar-refractivity contribution in [3.05, 3.63) is 34.2 Å². The molecule has 0 fully saturated rings. The lowest BCUT2D eigenvalue weighted by Crippen LogP contribution is -2.50. The first-order valence-corrected chi connectivity index (χ1v) is 8.18. The number of nitrogens with one attached hydrogen (secondary N) is 1. The van der Waals surface area contributed by atoms with Crippen molar-refractivity contribution in [3.8, 4) is 11.1 Å². The van der Waals surface area contributed by atoms with Crippen LogP contribution in [-0.4, -0.2) is 21.9 Å². The molecule has 0 saturated carbocycles. The molecule has 4 heteroatoms. The van der Waals surface area contributed by atoms with Crippen molar-refractivity contribution >= 4 is 5.69 Å². The Bertz CT molecular complexity index is 755. The summed E-state index contributed by atoms with van der Waals surface area (Å²) in [6, 6.07) is 2.20. The Morgan fingerprint density at radius 2 is 1.87 bits per heavy atom. The van der Waals surface area contributed by atoms with E-state index in [2.05, 4.69) is 37.3 Å². The Kier molecular flexibility index (Phi) is 3.56. The number of aromatic nitrogens is 1. The van der Waals surface area contributed by atoms with E-state index in [0.717, 1.165) is 28.3 Å². The summed E-state index contributed by atoms with van der Waals surface area (Å²) in [6.07, 6.45) is -0.437. The molecule has 124 valence electrons. The van der Waals surface area contributed by atoms with Gasteiger partial charge in [-0.15, -0.1) is 0 Å². The summed E-state index contributed by atoms with van der Waals surface area (Å²) in [7, 11) is 0. The van der Waals surface area contributed by atoms with Gasteiger partial charge in [0.1, 0.15) is 5.76 Å². The molecule has 2 aromatic rings. The van der Waals surface area contributed by atoms with E-state index in [1.807, 2.05) is 27.7 Å². The molecule has 1 aliphatic heterocycles. The van der Waals surface area contributed by atoms with Gasteiger partial charge in [-0.2, -0.15) is 0 Å². The fourth-order valence-corrected chi connectivity index (χ4v) is 3.98. The lowest BCUT2D eigenvalue weighted by molar-refractivity contribution is 0.0866. The first kappa shape index (κ1) is 16.1. The predicted molar refractivity (Wildman–Crippen MR) is 93.0 cm³/mol. The van der Waals surface area contributed by atoms with Gasteiger partial charge in [-0.1, -0.05) is 12.1 Å². The molecular weight excluding hydrogens is 288 g/mol. The fraction of sp³-hybridized carbons (Fsp3) is 0.526. The molecule has 0 amide bonds. The van der Waals surface area contributed by atoms with Crippen molar-refractivity contribution in [2.45, 2.75) is 66.0 Å². The highest BCUT2D eigenvalue weighted by molar-refractivity contribution is 5.79. The van der Waals surface area contributed by atoms with E-state index in [1.165, 1.54) is 16.7 Å². The molecule has 0 bridgehead atoms. The van der Waals surface area contributed by atoms with Gasteiger partial charge in [0, 0.05) is 17.2 Å². The molecule has 23 heavy (non-hydrogen) atoms. The average Bonchev–Trinajstić information content (AvgIpc) is 2.79. The number of benzene rings is 1. The molecular formula is C19H26N2O2. The number of anilines is 1. The van der Waals surface area contributed by atoms with Crippen LogP contribution in [-0.2, 0) is 0 Å². The van der Waals surface area contributed by atoms with Crippen LogP contribution in [0.1, 0.15) is 54.8 Å². The Labute approximate surface area is 137 Å². The number of hydrogen-bond acceptors (Lipinski definition) is 4. The molecule has 1 aromatic heterocycles. The summed E-state index contributed by atoms with van der Waals surface area (Å²) >= 11 is 0. The van der Waals surface area contributed by atoms with Crippen LogP contribution in [0.5, 0.6) is 0 Å². The van der Waals surface area contributed by atoms with Gasteiger partial charge >= 0.3 is 0 Å². The highest BCUT2D eigenvalue weighted by atomic mass is 16.5. The number of nitrogens with zero attached hydrogens (tertiary/aromatic N) is 1. The average molecular weight is 314 g/mol. The van der Waals surface area contributed by atoms with Crippen molar-refractivity contribution < 1.29 is 9.63 Å². The summed E-state index contributed by atoms with van der Waals surface area (Å²) in [5.41, 5.74) is 7.52. The summed E-state index contributed by atoms with van der Waals surface area (Å²) in [5.74, 6) is 0.905. The van der Waals surface area contributed by atoms with Crippen molar-refractivity contribution in [2.24, 2.45) is 0 Å². The van der Waals surface area contributed by atoms with E-state index in [1.54, 1.807) is 0 Å². The van der Waals surface area contributed by atoms with Gasteiger partial charge in [-0.3, -0.25) is 0 Å². The van der Waals surface area contributed by atoms with Crippen LogP contribution >= 0.6 is 0 Å². The zero-order valence-corrected chi connectivity index (χ0v) is 15.0. The van der Waals surface area contributed by atoms with Gasteiger partial charge in [0.05, 0.1) is 17.3 Å². The molecule has 0 spiro atoms. The molecule has 2 N–H and O–H groups in total. The Hall–Kier alpha value is -1.81. The summed E-state index contributed by atoms with van der Waals surface area (Å²) < 4.78 is 5.35. The number of aliphatic hydroxyl groups excluding tert-OH is 1. The van der Waals surface area contributed by atoms with Crippen LogP contribution in [0.15, 0.2) is 10.6 Å². The highest BCUT2D eigenvalue weighted by Crippen LogP contribution is 2.46. The number of rotatable bonds is 1. The van der Waals surface area contributed by atoms with Gasteiger partial charge in [-0.25, -0.2) is 0 Å². The van der Waals surface area contributed by atoms with Crippen LogP contribution in [0, 0.1) is 27.7 Å². The minimum Gasteiger partial charge on any atom is -0.390 e. The smallest absolute Gasteiger partial charge is 0.141 e. The molecule has 0 radical (unpaired) electrons. The van der Waals surface area contributed by atoms with Crippen molar-refractivity contribution in [1.82, 2.24) is 5.16 Å². The second-order valence-corrected chi connectivity index (χ2v) is 7.43. The van der Waals surface area contributed by atoms with Gasteiger partial charge in [0.2, 0.25) is 0 Å². The zero-order valence-electron chi connectivity index (χ0n) is 15.0. The van der Waals surface area contributed by atoms with Crippen molar-refractivity contribution in [3.63, 3.8) is 0 Å². The van der Waals surface area contributed by atoms with Crippen LogP contribution < -0.4 is 5.32 Å². The lowest BCUT2D eigenvalue weighted by Gasteiger charge is -2.44. The predicted octanol–water partition coefficient (Wildman–Crippen LogP) is 4.24. The van der Waals surface area contributed by atoms with Crippen molar-refractivity contribution in [1.29, 1.82) is 0 Å². The zero-order chi connectivity index (χ0) is 17.1. The second kappa shape index (κ2) is 5.10. The Morgan fingerprint density at radius 1 is 1.22 bits per heavy atom. The number of aryl methyl sites for hydroxylation is 3. The van der Waals surface area contributed by atoms with E-state index in [-0.39, 0.29) is 11.5 Å². The molecule has 0 aliphatic carbocycles. The SMILES string of the molecule is Cc1cc(-c2c(C)noc2C)c(C)c2c1NC(C)(C)C(O)C2C. The first-order valence-electron chi connectivity index (χ1n) is 8.18. The minimum atomic E-state index is -0.437. The molecule has 3 rings (SSSR count). The van der Waals surface area contributed by atoms with Gasteiger partial charge in [-0.05, 0) is 69.9 Å². The van der Waals surface area contributed by atoms with Gasteiger partial charge in [0.25, 0.3) is 0 Å². The van der Waals surface area contributed by atoms with Crippen LogP contribution in [0.3, 0.4) is 0 Å². The maximum absolute atomic E-state index is 10.7. The molecule has 2 atom stereocenters. The first-order chi connectivity index (χ1) is 10.6. The summed E-state index contributed by atoms with van der Waals surface area (Å²) in [4.78, 5) is 0. The Balaban J connectivity index is 2.28. The number of aliphatic hydroxyl groups is 1. The third kappa shape index (κ3) is 2.27. The summed E-state index contributed by atoms with van der Waals surface area (Å²) in [6.45, 7) is 14.4. The normalized spacial score (nSPS) is 22.6. The molecule has 1 aliphatic rings. The topological polar surface area (TPSA) is 58.3 Å². The quantitative estimate of drug-likeness (QED) is 0.826. The van der Waals surface area contributed by atoms with Gasteiger partial charge < -0.3 is 14.9 Å². The second-order valence-electron chi connectivity index (χ2n) is 7.43. The van der Waals surface area contributed by atoms with E-state index in [9.17, 15) is 5.11 Å². The monoisotopic (exact) mass is 314 g/mol. The largest absolute Gasteiger partial charge is 0.390 e. The molecule has 0 saturated heterocycles. The van der Waals surface area contributed by atoms with Gasteiger partial charge in [0.15, 0.2) is 0 Å². The maximum atomic E-state index is 10.7. The van der Waals surface area contributed by atoms with Crippen LogP contribution in [0.4, 0.5) is 5.69 Å². The van der Waals surface area contributed by atoms with Crippen molar-refractivity contribution in [2.75, 3.05) is 5.32 Å². The highest BCUT2D eigenvalue weighted by Gasteiger charge is 2.40. The third-order valence-electron chi connectivity index (χ3n) is 5.25. The third-order valence-corrected chi connectivity index (χ3v) is 5.25. The fourth-order valence-electron chi connectivity index (χ4n) is 3.98. The Morgan fingerprint density at radius 3 is 2.43 bits per heavy atom. The lowest BCUT2D eigenvalue weighted by atomic mass is 9.75. The van der Waals surface area contributed by atoms with E-state index >= 15 is 0 Å². The maximum Gasteiger partial charge on any atom is 0.141 e. The van der Waals surface area contributed by atoms with E-state index in [4.69, 9.17) is 4.52 Å². The molecule has 2 unspecified atom stereocenters. The summed E-state index contributed by atoms with van der Waals surface area (Å²) in [5, 5.41) is 18.3. The van der Waals surface area contributed by atoms with Crippen LogP contribution in [0.2, 0.25) is 0 Å².